The summed E-state index contributed by atoms with van der Waals surface area (Å²) < 4.78 is 5.00. The Labute approximate surface area is 122 Å². The van der Waals surface area contributed by atoms with Crippen LogP contribution in [0.4, 0.5) is 0 Å². The third-order valence-corrected chi connectivity index (χ3v) is 2.84. The number of nitrogens with two attached hydrogens (primary N) is 1. The van der Waals surface area contributed by atoms with Crippen LogP contribution in [0, 0.1) is 0 Å². The lowest BCUT2D eigenvalue weighted by molar-refractivity contribution is -0.142. The number of carboxylic acids is 1. The Hall–Kier alpha value is -2.57. The second kappa shape index (κ2) is 7.88. The molecule has 2 amide bonds. The zero-order valence-corrected chi connectivity index (χ0v) is 11.7. The lowest BCUT2D eigenvalue weighted by Crippen LogP contribution is -2.42. The zero-order chi connectivity index (χ0) is 15.8. The molecule has 7 heteroatoms. The monoisotopic (exact) mass is 294 g/mol. The minimum atomic E-state index is -1.20. The highest BCUT2D eigenvalue weighted by Crippen LogP contribution is 2.11. The lowest BCUT2D eigenvalue weighted by Gasteiger charge is -2.13. The Morgan fingerprint density at radius 3 is 2.38 bits per heavy atom. The second-order valence-electron chi connectivity index (χ2n) is 4.49. The first-order chi connectivity index (χ1) is 9.92. The Kier molecular flexibility index (Phi) is 6.19. The fourth-order valence-electron chi connectivity index (χ4n) is 1.72. The van der Waals surface area contributed by atoms with E-state index in [1.54, 1.807) is 24.3 Å². The number of nitrogens with one attached hydrogen (secondary N) is 1. The van der Waals surface area contributed by atoms with Crippen molar-refractivity contribution >= 4 is 17.8 Å². The number of carbonyl (C=O) groups excluding carboxylic acids is 2. The summed E-state index contributed by atoms with van der Waals surface area (Å²) in [4.78, 5) is 33.5. The van der Waals surface area contributed by atoms with Gasteiger partial charge in [-0.2, -0.15) is 0 Å². The molecular formula is C14H18N2O5. The minimum Gasteiger partial charge on any atom is -0.497 e. The van der Waals surface area contributed by atoms with E-state index in [2.05, 4.69) is 5.32 Å². The number of methoxy groups -OCH3 is 1. The summed E-state index contributed by atoms with van der Waals surface area (Å²) in [5.41, 5.74) is 5.70. The van der Waals surface area contributed by atoms with E-state index in [-0.39, 0.29) is 19.3 Å². The number of carbonyl (C=O) groups is 3. The molecule has 0 heterocycles. The van der Waals surface area contributed by atoms with Crippen molar-refractivity contribution in [1.29, 1.82) is 0 Å². The number of rotatable bonds is 8. The fourth-order valence-corrected chi connectivity index (χ4v) is 1.72. The Balaban J connectivity index is 2.56. The number of amides is 2. The predicted molar refractivity (Wildman–Crippen MR) is 74.7 cm³/mol. The molecule has 0 aliphatic carbocycles. The molecule has 21 heavy (non-hydrogen) atoms. The average Bonchev–Trinajstić information content (AvgIpc) is 2.43. The summed E-state index contributed by atoms with van der Waals surface area (Å²) >= 11 is 0. The number of primary amides is 1. The van der Waals surface area contributed by atoms with Gasteiger partial charge < -0.3 is 20.9 Å². The number of hydrogen-bond acceptors (Lipinski definition) is 4. The molecule has 1 aromatic carbocycles. The number of hydrogen-bond donors (Lipinski definition) is 3. The molecule has 1 aromatic rings. The summed E-state index contributed by atoms with van der Waals surface area (Å²) in [6.07, 6.45) is -0.0802. The largest absolute Gasteiger partial charge is 0.497 e. The van der Waals surface area contributed by atoms with Gasteiger partial charge in [-0.05, 0) is 24.1 Å². The summed E-state index contributed by atoms with van der Waals surface area (Å²) in [5.74, 6) is -1.56. The van der Waals surface area contributed by atoms with Crippen LogP contribution in [0.1, 0.15) is 18.4 Å². The highest BCUT2D eigenvalue weighted by molar-refractivity contribution is 5.85. The molecular weight excluding hydrogens is 276 g/mol. The number of aliphatic carboxylic acids is 1. The third-order valence-electron chi connectivity index (χ3n) is 2.84. The van der Waals surface area contributed by atoms with Gasteiger partial charge in [-0.25, -0.2) is 4.79 Å². The van der Waals surface area contributed by atoms with Gasteiger partial charge in [0.2, 0.25) is 11.8 Å². The van der Waals surface area contributed by atoms with Crippen LogP contribution in [-0.4, -0.2) is 36.0 Å². The number of benzene rings is 1. The van der Waals surface area contributed by atoms with E-state index < -0.39 is 23.8 Å². The van der Waals surface area contributed by atoms with Gasteiger partial charge in [0, 0.05) is 6.42 Å². The molecule has 0 aliphatic heterocycles. The topological polar surface area (TPSA) is 119 Å². The molecule has 0 saturated heterocycles. The summed E-state index contributed by atoms with van der Waals surface area (Å²) in [6.45, 7) is 0. The van der Waals surface area contributed by atoms with E-state index in [0.29, 0.717) is 5.75 Å². The van der Waals surface area contributed by atoms with Crippen molar-refractivity contribution in [2.75, 3.05) is 7.11 Å². The van der Waals surface area contributed by atoms with Gasteiger partial charge in [-0.1, -0.05) is 12.1 Å². The highest BCUT2D eigenvalue weighted by Gasteiger charge is 2.20. The summed E-state index contributed by atoms with van der Waals surface area (Å²) in [5, 5.41) is 11.4. The third kappa shape index (κ3) is 5.94. The van der Waals surface area contributed by atoms with E-state index in [1.165, 1.54) is 7.11 Å². The van der Waals surface area contributed by atoms with Gasteiger partial charge in [0.1, 0.15) is 11.8 Å². The smallest absolute Gasteiger partial charge is 0.326 e. The first-order valence-electron chi connectivity index (χ1n) is 6.35. The number of carboxylic acid groups (broad SMARTS) is 1. The van der Waals surface area contributed by atoms with Crippen molar-refractivity contribution in [2.45, 2.75) is 25.3 Å². The molecule has 0 bridgehead atoms. The summed E-state index contributed by atoms with van der Waals surface area (Å²) in [6, 6.07) is 5.74. The molecule has 1 rings (SSSR count). The predicted octanol–water partition coefficient (Wildman–Crippen LogP) is 0.0726. The molecule has 114 valence electrons. The van der Waals surface area contributed by atoms with Crippen LogP contribution < -0.4 is 15.8 Å². The van der Waals surface area contributed by atoms with Crippen LogP contribution in [0.3, 0.4) is 0 Å². The second-order valence-corrected chi connectivity index (χ2v) is 4.49. The Bertz CT molecular complexity index is 513. The quantitative estimate of drug-likeness (QED) is 0.627. The molecule has 0 saturated carbocycles. The summed E-state index contributed by atoms with van der Waals surface area (Å²) in [7, 11) is 1.54. The molecule has 0 fully saturated rings. The van der Waals surface area contributed by atoms with E-state index >= 15 is 0 Å². The fraction of sp³-hybridized carbons (Fsp3) is 0.357. The minimum absolute atomic E-state index is 0.0288. The molecule has 0 spiro atoms. The van der Waals surface area contributed by atoms with Crippen LogP contribution in [0.15, 0.2) is 24.3 Å². The van der Waals surface area contributed by atoms with E-state index in [4.69, 9.17) is 15.6 Å². The van der Waals surface area contributed by atoms with E-state index in [1.807, 2.05) is 0 Å². The van der Waals surface area contributed by atoms with E-state index in [0.717, 1.165) is 5.56 Å². The maximum absolute atomic E-state index is 11.8. The average molecular weight is 294 g/mol. The zero-order valence-electron chi connectivity index (χ0n) is 11.7. The van der Waals surface area contributed by atoms with Crippen LogP contribution in [0.5, 0.6) is 5.75 Å². The molecule has 4 N–H and O–H groups in total. The SMILES string of the molecule is COc1ccc(CC(=O)NC(CCC(N)=O)C(=O)O)cc1. The lowest BCUT2D eigenvalue weighted by atomic mass is 10.1. The Morgan fingerprint density at radius 1 is 1.29 bits per heavy atom. The van der Waals surface area contributed by atoms with Crippen molar-refractivity contribution in [3.05, 3.63) is 29.8 Å². The van der Waals surface area contributed by atoms with Crippen molar-refractivity contribution in [1.82, 2.24) is 5.32 Å². The first kappa shape index (κ1) is 16.5. The van der Waals surface area contributed by atoms with Gasteiger partial charge in [0.25, 0.3) is 0 Å². The van der Waals surface area contributed by atoms with Gasteiger partial charge in [0.05, 0.1) is 13.5 Å². The van der Waals surface area contributed by atoms with Crippen LogP contribution in [0.2, 0.25) is 0 Å². The maximum Gasteiger partial charge on any atom is 0.326 e. The molecule has 1 unspecified atom stereocenters. The van der Waals surface area contributed by atoms with Crippen LogP contribution in [0.25, 0.3) is 0 Å². The van der Waals surface area contributed by atoms with Crippen LogP contribution in [-0.2, 0) is 20.8 Å². The molecule has 1 atom stereocenters. The first-order valence-corrected chi connectivity index (χ1v) is 6.35. The maximum atomic E-state index is 11.8. The van der Waals surface area contributed by atoms with Crippen molar-refractivity contribution in [3.8, 4) is 5.75 Å². The Morgan fingerprint density at radius 2 is 1.90 bits per heavy atom. The van der Waals surface area contributed by atoms with Crippen molar-refractivity contribution in [2.24, 2.45) is 5.73 Å². The molecule has 0 aliphatic rings. The number of ether oxygens (including phenoxy) is 1. The molecule has 0 aromatic heterocycles. The van der Waals surface area contributed by atoms with Gasteiger partial charge in [0.15, 0.2) is 0 Å². The van der Waals surface area contributed by atoms with Gasteiger partial charge >= 0.3 is 5.97 Å². The highest BCUT2D eigenvalue weighted by atomic mass is 16.5. The molecule has 7 nitrogen and oxygen atoms in total. The molecule has 0 radical (unpaired) electrons. The van der Waals surface area contributed by atoms with Gasteiger partial charge in [-0.3, -0.25) is 9.59 Å². The van der Waals surface area contributed by atoms with Gasteiger partial charge in [-0.15, -0.1) is 0 Å². The van der Waals surface area contributed by atoms with Crippen LogP contribution >= 0.6 is 0 Å². The van der Waals surface area contributed by atoms with Crippen molar-refractivity contribution < 1.29 is 24.2 Å². The van der Waals surface area contributed by atoms with Crippen molar-refractivity contribution in [3.63, 3.8) is 0 Å². The van der Waals surface area contributed by atoms with E-state index in [9.17, 15) is 14.4 Å². The normalized spacial score (nSPS) is 11.5. The standard InChI is InChI=1S/C14H18N2O5/c1-21-10-4-2-9(3-5-10)8-13(18)16-11(14(19)20)6-7-12(15)17/h2-5,11H,6-8H2,1H3,(H2,15,17)(H,16,18)(H,19,20).